The average Bonchev–Trinajstić information content (AvgIpc) is 2.85. The summed E-state index contributed by atoms with van der Waals surface area (Å²) in [7, 11) is 0.0189. The predicted molar refractivity (Wildman–Crippen MR) is 74.7 cm³/mol. The molecule has 112 valence electrons. The quantitative estimate of drug-likeness (QED) is 0.885. The van der Waals surface area contributed by atoms with E-state index in [1.807, 2.05) is 0 Å². The Bertz CT molecular complexity index is 594. The van der Waals surface area contributed by atoms with E-state index >= 15 is 0 Å². The SMILES string of the molecule is CN(C)C(=O)c1cn[nH]c1C1CCCCN1S(C)(=O)=O. The summed E-state index contributed by atoms with van der Waals surface area (Å²) < 4.78 is 25.3. The Hall–Kier alpha value is -1.41. The second-order valence-corrected chi connectivity index (χ2v) is 7.22. The number of H-pyrrole nitrogens is 1. The van der Waals surface area contributed by atoms with E-state index in [4.69, 9.17) is 0 Å². The summed E-state index contributed by atoms with van der Waals surface area (Å²) in [6.45, 7) is 0.484. The Kier molecular flexibility index (Phi) is 4.14. The smallest absolute Gasteiger partial charge is 0.256 e. The van der Waals surface area contributed by atoms with E-state index in [1.165, 1.54) is 21.7 Å². The Morgan fingerprint density at radius 3 is 2.75 bits per heavy atom. The van der Waals surface area contributed by atoms with Gasteiger partial charge in [0, 0.05) is 20.6 Å². The molecule has 1 amide bonds. The molecule has 0 bridgehead atoms. The molecule has 0 saturated carbocycles. The van der Waals surface area contributed by atoms with Crippen molar-refractivity contribution in [1.29, 1.82) is 0 Å². The summed E-state index contributed by atoms with van der Waals surface area (Å²) in [5.41, 5.74) is 1.03. The fraction of sp³-hybridized carbons (Fsp3) is 0.667. The van der Waals surface area contributed by atoms with Crippen LogP contribution in [0, 0.1) is 0 Å². The fourth-order valence-corrected chi connectivity index (χ4v) is 3.69. The number of carbonyl (C=O) groups excluding carboxylic acids is 1. The van der Waals surface area contributed by atoms with Crippen LogP contribution in [0.25, 0.3) is 0 Å². The van der Waals surface area contributed by atoms with Gasteiger partial charge in [0.05, 0.1) is 29.8 Å². The summed E-state index contributed by atoms with van der Waals surface area (Å²) >= 11 is 0. The van der Waals surface area contributed by atoms with Crippen LogP contribution >= 0.6 is 0 Å². The third-order valence-corrected chi connectivity index (χ3v) is 4.81. The molecule has 0 radical (unpaired) electrons. The molecule has 1 atom stereocenters. The number of amides is 1. The van der Waals surface area contributed by atoms with Gasteiger partial charge in [-0.15, -0.1) is 0 Å². The normalized spacial score (nSPS) is 20.9. The monoisotopic (exact) mass is 300 g/mol. The first-order chi connectivity index (χ1) is 9.32. The first-order valence-corrected chi connectivity index (χ1v) is 8.39. The van der Waals surface area contributed by atoms with Crippen molar-refractivity contribution in [3.8, 4) is 0 Å². The van der Waals surface area contributed by atoms with Crippen molar-refractivity contribution in [2.75, 3.05) is 26.9 Å². The number of nitrogens with zero attached hydrogens (tertiary/aromatic N) is 3. The van der Waals surface area contributed by atoms with Crippen LogP contribution in [0.4, 0.5) is 0 Å². The van der Waals surface area contributed by atoms with Gasteiger partial charge in [-0.1, -0.05) is 6.42 Å². The number of aromatic amines is 1. The third-order valence-electron chi connectivity index (χ3n) is 3.52. The van der Waals surface area contributed by atoms with Gasteiger partial charge in [-0.3, -0.25) is 9.89 Å². The van der Waals surface area contributed by atoms with Gasteiger partial charge in [0.25, 0.3) is 5.91 Å². The zero-order valence-corrected chi connectivity index (χ0v) is 12.8. The summed E-state index contributed by atoms with van der Waals surface area (Å²) in [5.74, 6) is -0.173. The van der Waals surface area contributed by atoms with Crippen molar-refractivity contribution in [3.63, 3.8) is 0 Å². The minimum Gasteiger partial charge on any atom is -0.345 e. The molecule has 8 heteroatoms. The Balaban J connectivity index is 2.39. The van der Waals surface area contributed by atoms with Crippen LogP contribution in [0.5, 0.6) is 0 Å². The van der Waals surface area contributed by atoms with Crippen LogP contribution in [0.3, 0.4) is 0 Å². The molecular weight excluding hydrogens is 280 g/mol. The maximum absolute atomic E-state index is 12.1. The van der Waals surface area contributed by atoms with Gasteiger partial charge in [0.15, 0.2) is 0 Å². The van der Waals surface area contributed by atoms with Gasteiger partial charge >= 0.3 is 0 Å². The minimum absolute atomic E-state index is 0.173. The maximum Gasteiger partial charge on any atom is 0.256 e. The van der Waals surface area contributed by atoms with Gasteiger partial charge in [-0.05, 0) is 12.8 Å². The van der Waals surface area contributed by atoms with Gasteiger partial charge in [-0.2, -0.15) is 9.40 Å². The van der Waals surface area contributed by atoms with Crippen LogP contribution in [0.1, 0.15) is 41.4 Å². The molecule has 1 N–H and O–H groups in total. The molecule has 1 aromatic heterocycles. The fourth-order valence-electron chi connectivity index (χ4n) is 2.55. The van der Waals surface area contributed by atoms with Crippen molar-refractivity contribution in [3.05, 3.63) is 17.5 Å². The number of aromatic nitrogens is 2. The molecule has 0 spiro atoms. The van der Waals surface area contributed by atoms with Gasteiger partial charge in [-0.25, -0.2) is 8.42 Å². The highest BCUT2D eigenvalue weighted by atomic mass is 32.2. The summed E-state index contributed by atoms with van der Waals surface area (Å²) in [6, 6.07) is -0.333. The second-order valence-electron chi connectivity index (χ2n) is 5.28. The minimum atomic E-state index is -3.30. The molecule has 2 heterocycles. The molecule has 0 aromatic carbocycles. The zero-order valence-electron chi connectivity index (χ0n) is 12.0. The third kappa shape index (κ3) is 2.85. The van der Waals surface area contributed by atoms with E-state index in [9.17, 15) is 13.2 Å². The first-order valence-electron chi connectivity index (χ1n) is 6.54. The van der Waals surface area contributed by atoms with Crippen LogP contribution < -0.4 is 0 Å². The van der Waals surface area contributed by atoms with Gasteiger partial charge in [0.1, 0.15) is 0 Å². The highest BCUT2D eigenvalue weighted by Crippen LogP contribution is 2.33. The maximum atomic E-state index is 12.1. The molecule has 7 nitrogen and oxygen atoms in total. The summed E-state index contributed by atoms with van der Waals surface area (Å²) in [4.78, 5) is 13.6. The topological polar surface area (TPSA) is 86.4 Å². The van der Waals surface area contributed by atoms with E-state index in [2.05, 4.69) is 10.2 Å². The van der Waals surface area contributed by atoms with Crippen molar-refractivity contribution in [1.82, 2.24) is 19.4 Å². The van der Waals surface area contributed by atoms with Gasteiger partial charge < -0.3 is 4.90 Å². The average molecular weight is 300 g/mol. The van der Waals surface area contributed by atoms with Crippen LogP contribution in [-0.4, -0.2) is 60.6 Å². The first kappa shape index (κ1) is 15.0. The summed E-state index contributed by atoms with van der Waals surface area (Å²) in [6.07, 6.45) is 5.14. The molecule has 1 saturated heterocycles. The molecule has 1 aromatic rings. The van der Waals surface area contributed by atoms with Crippen molar-refractivity contribution >= 4 is 15.9 Å². The van der Waals surface area contributed by atoms with Gasteiger partial charge in [0.2, 0.25) is 10.0 Å². The van der Waals surface area contributed by atoms with Crippen LogP contribution in [-0.2, 0) is 10.0 Å². The molecule has 20 heavy (non-hydrogen) atoms. The highest BCUT2D eigenvalue weighted by molar-refractivity contribution is 7.88. The summed E-state index contributed by atoms with van der Waals surface area (Å²) in [5, 5.41) is 6.73. The van der Waals surface area contributed by atoms with E-state index in [1.54, 1.807) is 14.1 Å². The van der Waals surface area contributed by atoms with E-state index < -0.39 is 10.0 Å². The number of piperidine rings is 1. The van der Waals surface area contributed by atoms with E-state index in [0.29, 0.717) is 24.2 Å². The number of nitrogens with one attached hydrogen (secondary N) is 1. The standard InChI is InChI=1S/C12H20N4O3S/c1-15(2)12(17)9-8-13-14-11(9)10-6-4-5-7-16(10)20(3,18)19/h8,10H,4-7H2,1-3H3,(H,13,14). The predicted octanol–water partition coefficient (Wildman–Crippen LogP) is 0.598. The Morgan fingerprint density at radius 1 is 1.45 bits per heavy atom. The molecular formula is C12H20N4O3S. The Morgan fingerprint density at radius 2 is 2.15 bits per heavy atom. The highest BCUT2D eigenvalue weighted by Gasteiger charge is 2.34. The lowest BCUT2D eigenvalue weighted by molar-refractivity contribution is 0.0824. The number of sulfonamides is 1. The van der Waals surface area contributed by atoms with E-state index in [-0.39, 0.29) is 11.9 Å². The Labute approximate surface area is 119 Å². The zero-order chi connectivity index (χ0) is 14.9. The van der Waals surface area contributed by atoms with Crippen LogP contribution in [0.15, 0.2) is 6.20 Å². The lowest BCUT2D eigenvalue weighted by atomic mass is 9.99. The number of rotatable bonds is 3. The molecule has 1 unspecified atom stereocenters. The van der Waals surface area contributed by atoms with Crippen LogP contribution in [0.2, 0.25) is 0 Å². The molecule has 0 aliphatic carbocycles. The van der Waals surface area contributed by atoms with Crippen molar-refractivity contribution in [2.45, 2.75) is 25.3 Å². The van der Waals surface area contributed by atoms with E-state index in [0.717, 1.165) is 12.8 Å². The molecule has 1 fully saturated rings. The molecule has 1 aliphatic rings. The molecule has 2 rings (SSSR count). The second kappa shape index (κ2) is 5.53. The largest absolute Gasteiger partial charge is 0.345 e. The molecule has 1 aliphatic heterocycles. The lowest BCUT2D eigenvalue weighted by Crippen LogP contribution is -2.38. The number of hydrogen-bond donors (Lipinski definition) is 1. The van der Waals surface area contributed by atoms with Crippen molar-refractivity contribution in [2.24, 2.45) is 0 Å². The van der Waals surface area contributed by atoms with Crippen molar-refractivity contribution < 1.29 is 13.2 Å². The lowest BCUT2D eigenvalue weighted by Gasteiger charge is -2.33. The number of hydrogen-bond acceptors (Lipinski definition) is 4. The number of carbonyl (C=O) groups is 1.